The second kappa shape index (κ2) is 5.59. The molecule has 6 heteroatoms. The Bertz CT molecular complexity index is 553. The van der Waals surface area contributed by atoms with Crippen molar-refractivity contribution in [2.75, 3.05) is 5.73 Å². The normalized spacial score (nSPS) is 10.3. The van der Waals surface area contributed by atoms with Crippen molar-refractivity contribution in [3.8, 4) is 0 Å². The molecule has 3 N–H and O–H groups in total. The molecule has 2 aromatic heterocycles. The number of thiazole rings is 1. The fourth-order valence-electron chi connectivity index (χ4n) is 1.44. The van der Waals surface area contributed by atoms with Crippen molar-refractivity contribution in [2.45, 2.75) is 19.9 Å². The smallest absolute Gasteiger partial charge is 0.255 e. The summed E-state index contributed by atoms with van der Waals surface area (Å²) < 4.78 is 0. The highest BCUT2D eigenvalue weighted by molar-refractivity contribution is 7.11. The molecule has 2 heterocycles. The first-order chi connectivity index (χ1) is 8.70. The van der Waals surface area contributed by atoms with Gasteiger partial charge in [-0.2, -0.15) is 0 Å². The summed E-state index contributed by atoms with van der Waals surface area (Å²) in [5, 5.41) is 3.67. The van der Waals surface area contributed by atoms with Crippen molar-refractivity contribution in [3.05, 3.63) is 40.1 Å². The Morgan fingerprint density at radius 3 is 3.00 bits per heavy atom. The summed E-state index contributed by atoms with van der Waals surface area (Å²) in [6.45, 7) is 2.49. The van der Waals surface area contributed by atoms with Crippen LogP contribution in [0.4, 0.5) is 5.69 Å². The fraction of sp³-hybridized carbons (Fsp3) is 0.250. The lowest BCUT2D eigenvalue weighted by Crippen LogP contribution is -2.23. The zero-order valence-electron chi connectivity index (χ0n) is 10.0. The Kier molecular flexibility index (Phi) is 3.88. The maximum atomic E-state index is 11.9. The van der Waals surface area contributed by atoms with Crippen LogP contribution in [0.3, 0.4) is 0 Å². The van der Waals surface area contributed by atoms with Gasteiger partial charge in [0.2, 0.25) is 0 Å². The number of amides is 1. The van der Waals surface area contributed by atoms with Gasteiger partial charge in [-0.05, 0) is 12.5 Å². The van der Waals surface area contributed by atoms with E-state index in [1.54, 1.807) is 23.6 Å². The summed E-state index contributed by atoms with van der Waals surface area (Å²) in [5.41, 5.74) is 6.52. The van der Waals surface area contributed by atoms with Gasteiger partial charge in [0, 0.05) is 29.2 Å². The molecule has 0 radical (unpaired) electrons. The van der Waals surface area contributed by atoms with E-state index >= 15 is 0 Å². The Labute approximate surface area is 109 Å². The SMILES string of the molecule is CCc1cnc(CNC(=O)c2cnccc2N)s1. The highest BCUT2D eigenvalue weighted by Crippen LogP contribution is 2.13. The topological polar surface area (TPSA) is 80.9 Å². The monoisotopic (exact) mass is 262 g/mol. The number of carbonyl (C=O) groups excluding carboxylic acids is 1. The third-order valence-corrected chi connectivity index (χ3v) is 3.59. The van der Waals surface area contributed by atoms with Crippen LogP contribution >= 0.6 is 11.3 Å². The molecule has 0 spiro atoms. The van der Waals surface area contributed by atoms with Crippen molar-refractivity contribution in [3.63, 3.8) is 0 Å². The highest BCUT2D eigenvalue weighted by Gasteiger charge is 2.10. The molecule has 0 aliphatic carbocycles. The van der Waals surface area contributed by atoms with Crippen molar-refractivity contribution < 1.29 is 4.79 Å². The minimum atomic E-state index is -0.228. The Morgan fingerprint density at radius 1 is 1.50 bits per heavy atom. The summed E-state index contributed by atoms with van der Waals surface area (Å²) in [4.78, 5) is 21.2. The molecule has 0 unspecified atom stereocenters. The molecular weight excluding hydrogens is 248 g/mol. The Morgan fingerprint density at radius 2 is 2.33 bits per heavy atom. The number of nitrogens with one attached hydrogen (secondary N) is 1. The van der Waals surface area contributed by atoms with Crippen LogP contribution in [0.15, 0.2) is 24.7 Å². The van der Waals surface area contributed by atoms with Crippen LogP contribution in [-0.2, 0) is 13.0 Å². The second-order valence-electron chi connectivity index (χ2n) is 3.72. The van der Waals surface area contributed by atoms with Gasteiger partial charge < -0.3 is 11.1 Å². The first-order valence-corrected chi connectivity index (χ1v) is 6.43. The van der Waals surface area contributed by atoms with Crippen LogP contribution in [0.5, 0.6) is 0 Å². The molecule has 1 amide bonds. The molecule has 0 aromatic carbocycles. The lowest BCUT2D eigenvalue weighted by atomic mass is 10.2. The van der Waals surface area contributed by atoms with Gasteiger partial charge >= 0.3 is 0 Å². The van der Waals surface area contributed by atoms with Gasteiger partial charge in [-0.25, -0.2) is 4.98 Å². The number of anilines is 1. The van der Waals surface area contributed by atoms with E-state index in [1.807, 2.05) is 6.20 Å². The van der Waals surface area contributed by atoms with E-state index in [-0.39, 0.29) is 5.91 Å². The summed E-state index contributed by atoms with van der Waals surface area (Å²) in [5.74, 6) is -0.228. The molecule has 0 saturated heterocycles. The molecule has 0 atom stereocenters. The van der Waals surface area contributed by atoms with Gasteiger partial charge in [0.25, 0.3) is 5.91 Å². The minimum Gasteiger partial charge on any atom is -0.398 e. The van der Waals surface area contributed by atoms with Gasteiger partial charge in [-0.1, -0.05) is 6.92 Å². The van der Waals surface area contributed by atoms with E-state index in [2.05, 4.69) is 22.2 Å². The molecule has 0 aliphatic rings. The first kappa shape index (κ1) is 12.5. The quantitative estimate of drug-likeness (QED) is 0.877. The average Bonchev–Trinajstić information content (AvgIpc) is 2.84. The lowest BCUT2D eigenvalue weighted by molar-refractivity contribution is 0.0951. The molecule has 5 nitrogen and oxygen atoms in total. The third kappa shape index (κ3) is 2.84. The van der Waals surface area contributed by atoms with Gasteiger partial charge in [-0.3, -0.25) is 9.78 Å². The molecule has 18 heavy (non-hydrogen) atoms. The number of rotatable bonds is 4. The summed E-state index contributed by atoms with van der Waals surface area (Å²) >= 11 is 1.60. The molecule has 0 fully saturated rings. The molecule has 0 saturated carbocycles. The number of aryl methyl sites for hydroxylation is 1. The predicted molar refractivity (Wildman–Crippen MR) is 71.3 cm³/mol. The van der Waals surface area contributed by atoms with E-state index in [0.29, 0.717) is 17.8 Å². The van der Waals surface area contributed by atoms with Gasteiger partial charge in [-0.15, -0.1) is 11.3 Å². The molecule has 0 bridgehead atoms. The average molecular weight is 262 g/mol. The van der Waals surface area contributed by atoms with Gasteiger partial charge in [0.15, 0.2) is 0 Å². The van der Waals surface area contributed by atoms with Crippen molar-refractivity contribution in [1.29, 1.82) is 0 Å². The number of hydrogen-bond acceptors (Lipinski definition) is 5. The number of carbonyl (C=O) groups is 1. The third-order valence-electron chi connectivity index (χ3n) is 2.45. The highest BCUT2D eigenvalue weighted by atomic mass is 32.1. The van der Waals surface area contributed by atoms with Crippen molar-refractivity contribution >= 4 is 22.9 Å². The summed E-state index contributed by atoms with van der Waals surface area (Å²) in [7, 11) is 0. The van der Waals surface area contributed by atoms with Crippen LogP contribution in [-0.4, -0.2) is 15.9 Å². The predicted octanol–water partition coefficient (Wildman–Crippen LogP) is 1.61. The van der Waals surface area contributed by atoms with E-state index in [4.69, 9.17) is 5.73 Å². The molecule has 94 valence electrons. The maximum absolute atomic E-state index is 11.9. The summed E-state index contributed by atoms with van der Waals surface area (Å²) in [6.07, 6.45) is 5.82. The van der Waals surface area contributed by atoms with Crippen LogP contribution in [0.2, 0.25) is 0 Å². The van der Waals surface area contributed by atoms with E-state index in [0.717, 1.165) is 11.4 Å². The van der Waals surface area contributed by atoms with Crippen LogP contribution in [0, 0.1) is 0 Å². The largest absolute Gasteiger partial charge is 0.398 e. The van der Waals surface area contributed by atoms with Crippen molar-refractivity contribution in [1.82, 2.24) is 15.3 Å². The lowest BCUT2D eigenvalue weighted by Gasteiger charge is -2.04. The molecule has 0 aliphatic heterocycles. The van der Waals surface area contributed by atoms with Crippen LogP contribution < -0.4 is 11.1 Å². The van der Waals surface area contributed by atoms with Crippen LogP contribution in [0.25, 0.3) is 0 Å². The number of nitrogen functional groups attached to an aromatic ring is 1. The van der Waals surface area contributed by atoms with Gasteiger partial charge in [0.05, 0.1) is 12.1 Å². The second-order valence-corrected chi connectivity index (χ2v) is 4.92. The standard InChI is InChI=1S/C12H14N4OS/c1-2-8-5-15-11(18-8)7-16-12(17)9-6-14-4-3-10(9)13/h3-6H,2,7H2,1H3,(H2,13,14)(H,16,17). The number of nitrogens with zero attached hydrogens (tertiary/aromatic N) is 2. The van der Waals surface area contributed by atoms with E-state index in [1.165, 1.54) is 11.1 Å². The molecule has 2 aromatic rings. The zero-order valence-corrected chi connectivity index (χ0v) is 10.8. The number of pyridine rings is 1. The van der Waals surface area contributed by atoms with E-state index < -0.39 is 0 Å². The Balaban J connectivity index is 1.98. The minimum absolute atomic E-state index is 0.228. The molecular formula is C12H14N4OS. The number of hydrogen-bond donors (Lipinski definition) is 2. The Hall–Kier alpha value is -1.95. The van der Waals surface area contributed by atoms with E-state index in [9.17, 15) is 4.79 Å². The zero-order chi connectivity index (χ0) is 13.0. The number of nitrogens with two attached hydrogens (primary N) is 1. The first-order valence-electron chi connectivity index (χ1n) is 5.62. The molecule has 2 rings (SSSR count). The van der Waals surface area contributed by atoms with Gasteiger partial charge in [0.1, 0.15) is 5.01 Å². The number of aromatic nitrogens is 2. The fourth-order valence-corrected chi connectivity index (χ4v) is 2.24. The van der Waals surface area contributed by atoms with Crippen molar-refractivity contribution in [2.24, 2.45) is 0 Å². The summed E-state index contributed by atoms with van der Waals surface area (Å²) in [6, 6.07) is 1.60. The van der Waals surface area contributed by atoms with Crippen LogP contribution in [0.1, 0.15) is 27.2 Å². The maximum Gasteiger partial charge on any atom is 0.255 e.